The molecule has 1 heterocycles. The monoisotopic (exact) mass is 413 g/mol. The SMILES string of the molecule is N[C@@H]1CC[C@@]2(S(=O)(=O)c3ccc(Cl)cc3)c3c(F)ccc(F)c3OC[C@H]2C1. The Morgan fingerprint density at radius 1 is 1.11 bits per heavy atom. The molecular formula is C19H18ClF2NO3S. The van der Waals surface area contributed by atoms with Crippen molar-refractivity contribution in [3.8, 4) is 5.75 Å². The highest BCUT2D eigenvalue weighted by Crippen LogP contribution is 2.56. The molecule has 0 unspecified atom stereocenters. The van der Waals surface area contributed by atoms with Crippen LogP contribution in [0.4, 0.5) is 8.78 Å². The summed E-state index contributed by atoms with van der Waals surface area (Å²) < 4.78 is 60.6. The van der Waals surface area contributed by atoms with Gasteiger partial charge in [-0.2, -0.15) is 0 Å². The summed E-state index contributed by atoms with van der Waals surface area (Å²) in [5, 5.41) is 0.387. The van der Waals surface area contributed by atoms with Crippen molar-refractivity contribution in [2.75, 3.05) is 6.61 Å². The zero-order chi connectivity index (χ0) is 19.4. The summed E-state index contributed by atoms with van der Waals surface area (Å²) in [5.74, 6) is -2.46. The number of rotatable bonds is 2. The maximum absolute atomic E-state index is 14.9. The summed E-state index contributed by atoms with van der Waals surface area (Å²) in [6.07, 6.45) is 0.835. The molecule has 0 aromatic heterocycles. The first-order chi connectivity index (χ1) is 12.8. The molecule has 2 N–H and O–H groups in total. The van der Waals surface area contributed by atoms with Crippen LogP contribution in [0.1, 0.15) is 24.8 Å². The van der Waals surface area contributed by atoms with Crippen LogP contribution in [-0.2, 0) is 14.6 Å². The minimum absolute atomic E-state index is 0.0175. The summed E-state index contributed by atoms with van der Waals surface area (Å²) in [6, 6.07) is 7.41. The summed E-state index contributed by atoms with van der Waals surface area (Å²) in [7, 11) is -4.08. The first-order valence-electron chi connectivity index (χ1n) is 8.64. The van der Waals surface area contributed by atoms with Crippen molar-refractivity contribution in [1.29, 1.82) is 0 Å². The van der Waals surface area contributed by atoms with Crippen LogP contribution in [-0.4, -0.2) is 21.1 Å². The van der Waals surface area contributed by atoms with Crippen molar-refractivity contribution >= 4 is 21.4 Å². The summed E-state index contributed by atoms with van der Waals surface area (Å²) in [4.78, 5) is 0.0175. The molecule has 1 aliphatic heterocycles. The predicted molar refractivity (Wildman–Crippen MR) is 97.5 cm³/mol. The molecular weight excluding hydrogens is 396 g/mol. The lowest BCUT2D eigenvalue weighted by Crippen LogP contribution is -2.54. The summed E-state index contributed by atoms with van der Waals surface area (Å²) in [6.45, 7) is -0.0338. The first-order valence-corrected chi connectivity index (χ1v) is 10.5. The van der Waals surface area contributed by atoms with E-state index in [-0.39, 0.29) is 35.3 Å². The number of halogens is 3. The van der Waals surface area contributed by atoms with Gasteiger partial charge in [0.05, 0.1) is 17.1 Å². The van der Waals surface area contributed by atoms with Crippen LogP contribution in [0.15, 0.2) is 41.3 Å². The van der Waals surface area contributed by atoms with E-state index in [0.717, 1.165) is 12.1 Å². The molecule has 1 saturated carbocycles. The van der Waals surface area contributed by atoms with Crippen LogP contribution in [0.2, 0.25) is 5.02 Å². The summed E-state index contributed by atoms with van der Waals surface area (Å²) in [5.41, 5.74) is 5.83. The molecule has 0 radical (unpaired) electrons. The lowest BCUT2D eigenvalue weighted by Gasteiger charge is -2.48. The fourth-order valence-corrected chi connectivity index (χ4v) is 6.86. The Kier molecular flexibility index (Phi) is 4.44. The van der Waals surface area contributed by atoms with Crippen LogP contribution < -0.4 is 10.5 Å². The predicted octanol–water partition coefficient (Wildman–Crippen LogP) is 3.81. The van der Waals surface area contributed by atoms with E-state index in [4.69, 9.17) is 22.1 Å². The topological polar surface area (TPSA) is 69.4 Å². The molecule has 27 heavy (non-hydrogen) atoms. The molecule has 0 spiro atoms. The van der Waals surface area contributed by atoms with Crippen LogP contribution in [0.25, 0.3) is 0 Å². The Morgan fingerprint density at radius 3 is 2.48 bits per heavy atom. The second kappa shape index (κ2) is 6.43. The second-order valence-corrected chi connectivity index (χ2v) is 9.77. The minimum Gasteiger partial charge on any atom is -0.490 e. The van der Waals surface area contributed by atoms with E-state index in [2.05, 4.69) is 0 Å². The van der Waals surface area contributed by atoms with Crippen molar-refractivity contribution < 1.29 is 21.9 Å². The first kappa shape index (κ1) is 18.7. The smallest absolute Gasteiger partial charge is 0.188 e. The van der Waals surface area contributed by atoms with Gasteiger partial charge in [0.25, 0.3) is 0 Å². The third-order valence-corrected chi connectivity index (χ3v) is 8.49. The molecule has 4 nitrogen and oxygen atoms in total. The van der Waals surface area contributed by atoms with Gasteiger partial charge in [-0.1, -0.05) is 11.6 Å². The van der Waals surface area contributed by atoms with Crippen LogP contribution in [0, 0.1) is 17.6 Å². The van der Waals surface area contributed by atoms with E-state index in [0.29, 0.717) is 17.9 Å². The zero-order valence-corrected chi connectivity index (χ0v) is 15.9. The number of nitrogens with two attached hydrogens (primary N) is 1. The highest BCUT2D eigenvalue weighted by Gasteiger charge is 2.59. The molecule has 4 rings (SSSR count). The molecule has 0 saturated heterocycles. The average Bonchev–Trinajstić information content (AvgIpc) is 2.64. The van der Waals surface area contributed by atoms with Crippen molar-refractivity contribution in [2.45, 2.75) is 34.9 Å². The van der Waals surface area contributed by atoms with Gasteiger partial charge in [-0.3, -0.25) is 0 Å². The summed E-state index contributed by atoms with van der Waals surface area (Å²) >= 11 is 5.89. The van der Waals surface area contributed by atoms with Crippen molar-refractivity contribution in [1.82, 2.24) is 0 Å². The Balaban J connectivity index is 2.02. The van der Waals surface area contributed by atoms with Crippen LogP contribution in [0.3, 0.4) is 0 Å². The number of benzene rings is 2. The minimum atomic E-state index is -4.08. The number of sulfone groups is 1. The molecule has 0 bridgehead atoms. The molecule has 0 amide bonds. The highest BCUT2D eigenvalue weighted by atomic mass is 35.5. The van der Waals surface area contributed by atoms with Gasteiger partial charge in [0.15, 0.2) is 21.4 Å². The standard InChI is InChI=1S/C19H18ClF2NO3S/c20-12-1-3-14(4-2-12)27(24,25)19-8-7-13(23)9-11(19)10-26-18-16(22)6-5-15(21)17(18)19/h1-6,11,13H,7-10,23H2/t11-,13-,19+/m1/s1. The molecule has 3 atom stereocenters. The van der Waals surface area contributed by atoms with E-state index in [1.165, 1.54) is 24.3 Å². The van der Waals surface area contributed by atoms with E-state index in [1.807, 2.05) is 0 Å². The third-order valence-electron chi connectivity index (χ3n) is 5.65. The van der Waals surface area contributed by atoms with Crippen LogP contribution in [0.5, 0.6) is 5.75 Å². The van der Waals surface area contributed by atoms with Gasteiger partial charge in [0.1, 0.15) is 10.6 Å². The molecule has 144 valence electrons. The van der Waals surface area contributed by atoms with Gasteiger partial charge in [0.2, 0.25) is 0 Å². The normalized spacial score (nSPS) is 27.4. The molecule has 1 fully saturated rings. The number of ether oxygens (including phenoxy) is 1. The molecule has 2 aliphatic rings. The van der Waals surface area contributed by atoms with Gasteiger partial charge in [-0.25, -0.2) is 17.2 Å². The average molecular weight is 414 g/mol. The van der Waals surface area contributed by atoms with E-state index < -0.39 is 32.1 Å². The Labute approximate surface area is 161 Å². The zero-order valence-electron chi connectivity index (χ0n) is 14.3. The second-order valence-electron chi connectivity index (χ2n) is 7.12. The molecule has 8 heteroatoms. The van der Waals surface area contributed by atoms with Gasteiger partial charge in [-0.15, -0.1) is 0 Å². The lowest BCUT2D eigenvalue weighted by molar-refractivity contribution is 0.116. The van der Waals surface area contributed by atoms with Gasteiger partial charge >= 0.3 is 0 Å². The highest BCUT2D eigenvalue weighted by molar-refractivity contribution is 7.92. The quantitative estimate of drug-likeness (QED) is 0.812. The Morgan fingerprint density at radius 2 is 1.78 bits per heavy atom. The molecule has 2 aromatic carbocycles. The lowest BCUT2D eigenvalue weighted by atomic mass is 9.71. The fraction of sp³-hybridized carbons (Fsp3) is 0.368. The van der Waals surface area contributed by atoms with Crippen molar-refractivity contribution in [3.63, 3.8) is 0 Å². The van der Waals surface area contributed by atoms with Crippen molar-refractivity contribution in [3.05, 3.63) is 58.6 Å². The van der Waals surface area contributed by atoms with E-state index in [9.17, 15) is 17.2 Å². The maximum Gasteiger partial charge on any atom is 0.188 e. The van der Waals surface area contributed by atoms with Gasteiger partial charge in [-0.05, 0) is 55.7 Å². The Bertz CT molecular complexity index is 997. The Hall–Kier alpha value is -1.70. The van der Waals surface area contributed by atoms with Gasteiger partial charge < -0.3 is 10.5 Å². The molecule has 2 aromatic rings. The van der Waals surface area contributed by atoms with Crippen LogP contribution >= 0.6 is 11.6 Å². The van der Waals surface area contributed by atoms with Crippen molar-refractivity contribution in [2.24, 2.45) is 11.7 Å². The fourth-order valence-electron chi connectivity index (χ4n) is 4.37. The van der Waals surface area contributed by atoms with E-state index >= 15 is 0 Å². The third kappa shape index (κ3) is 2.67. The largest absolute Gasteiger partial charge is 0.490 e. The number of hydrogen-bond acceptors (Lipinski definition) is 4. The number of fused-ring (bicyclic) bond motifs is 3. The molecule has 1 aliphatic carbocycles. The maximum atomic E-state index is 14.9. The number of hydrogen-bond donors (Lipinski definition) is 1. The van der Waals surface area contributed by atoms with Gasteiger partial charge in [0, 0.05) is 17.0 Å². The van der Waals surface area contributed by atoms with E-state index in [1.54, 1.807) is 0 Å².